The third-order valence-corrected chi connectivity index (χ3v) is 5.33. The van der Waals surface area contributed by atoms with Gasteiger partial charge in [0.15, 0.2) is 0 Å². The Morgan fingerprint density at radius 2 is 2.32 bits per heavy atom. The maximum absolute atomic E-state index is 12.1. The Morgan fingerprint density at radius 3 is 3.14 bits per heavy atom. The minimum Gasteiger partial charge on any atom is -0.348 e. The Bertz CT molecular complexity index is 681. The van der Waals surface area contributed by atoms with Gasteiger partial charge in [-0.2, -0.15) is 0 Å². The number of fused-ring (bicyclic) bond motifs is 2. The van der Waals surface area contributed by atoms with Crippen LogP contribution in [0.3, 0.4) is 0 Å². The van der Waals surface area contributed by atoms with Crippen molar-refractivity contribution in [2.24, 2.45) is 0 Å². The van der Waals surface area contributed by atoms with E-state index < -0.39 is 0 Å². The van der Waals surface area contributed by atoms with Crippen LogP contribution in [0.25, 0.3) is 5.57 Å². The predicted octanol–water partition coefficient (Wildman–Crippen LogP) is 3.68. The Hall–Kier alpha value is -1.62. The molecule has 1 heterocycles. The summed E-state index contributed by atoms with van der Waals surface area (Å²) in [5.74, 6) is 0.0978. The molecule has 0 radical (unpaired) electrons. The minimum atomic E-state index is -0.0432. The zero-order valence-electron chi connectivity index (χ0n) is 12.9. The van der Waals surface area contributed by atoms with Gasteiger partial charge in [0.25, 0.3) is 0 Å². The molecule has 0 saturated heterocycles. The van der Waals surface area contributed by atoms with E-state index in [0.717, 1.165) is 54.7 Å². The molecule has 0 aromatic carbocycles. The van der Waals surface area contributed by atoms with Crippen LogP contribution < -0.4 is 10.2 Å². The average molecular weight is 318 g/mol. The maximum Gasteiger partial charge on any atom is 0.305 e. The van der Waals surface area contributed by atoms with E-state index in [1.165, 1.54) is 16.9 Å². The monoisotopic (exact) mass is 318 g/mol. The lowest BCUT2D eigenvalue weighted by atomic mass is 9.84. The third kappa shape index (κ3) is 3.09. The standard InChI is InChI=1S/C17H22N2O2S/c1-2-3-4-9-14(20)18-13-10-11-7-5-6-8-12(11)15-16(13)22-17(21)19-15/h6,8,13H,2-5,7,9-10H2,1H3,(H,18,20)(H,19,21). The average Bonchev–Trinajstić information content (AvgIpc) is 2.90. The van der Waals surface area contributed by atoms with Crippen LogP contribution in [0.1, 0.15) is 68.5 Å². The Kier molecular flexibility index (Phi) is 4.62. The van der Waals surface area contributed by atoms with Crippen molar-refractivity contribution in [3.05, 3.63) is 38.0 Å². The number of H-pyrrole nitrogens is 1. The second-order valence-corrected chi connectivity index (χ2v) is 7.01. The van der Waals surface area contributed by atoms with Gasteiger partial charge < -0.3 is 10.3 Å². The molecule has 5 heteroatoms. The smallest absolute Gasteiger partial charge is 0.305 e. The van der Waals surface area contributed by atoms with Gasteiger partial charge in [-0.15, -0.1) is 0 Å². The highest BCUT2D eigenvalue weighted by Gasteiger charge is 2.30. The summed E-state index contributed by atoms with van der Waals surface area (Å²) < 4.78 is 0. The summed E-state index contributed by atoms with van der Waals surface area (Å²) in [6, 6.07) is -0.0432. The molecular weight excluding hydrogens is 296 g/mol. The summed E-state index contributed by atoms with van der Waals surface area (Å²) in [6.45, 7) is 2.13. The van der Waals surface area contributed by atoms with Crippen LogP contribution in [-0.2, 0) is 4.79 Å². The van der Waals surface area contributed by atoms with E-state index in [9.17, 15) is 9.59 Å². The molecule has 1 amide bonds. The minimum absolute atomic E-state index is 0.0389. The van der Waals surface area contributed by atoms with Crippen molar-refractivity contribution in [3.63, 3.8) is 0 Å². The molecule has 118 valence electrons. The van der Waals surface area contributed by atoms with Crippen molar-refractivity contribution >= 4 is 22.8 Å². The molecule has 0 bridgehead atoms. The molecule has 1 atom stereocenters. The van der Waals surface area contributed by atoms with Gasteiger partial charge in [0.05, 0.1) is 16.6 Å². The largest absolute Gasteiger partial charge is 0.348 e. The number of thiazole rings is 1. The fourth-order valence-electron chi connectivity index (χ4n) is 3.23. The lowest BCUT2D eigenvalue weighted by Crippen LogP contribution is -2.30. The van der Waals surface area contributed by atoms with Crippen molar-refractivity contribution in [2.45, 2.75) is 57.9 Å². The molecule has 22 heavy (non-hydrogen) atoms. The summed E-state index contributed by atoms with van der Waals surface area (Å²) in [7, 11) is 0. The van der Waals surface area contributed by atoms with Gasteiger partial charge >= 0.3 is 4.87 Å². The summed E-state index contributed by atoms with van der Waals surface area (Å²) >= 11 is 1.23. The van der Waals surface area contributed by atoms with E-state index in [0.29, 0.717) is 6.42 Å². The first-order valence-corrected chi connectivity index (χ1v) is 8.92. The number of amides is 1. The number of hydrogen-bond donors (Lipinski definition) is 2. The lowest BCUT2D eigenvalue weighted by molar-refractivity contribution is -0.121. The highest BCUT2D eigenvalue weighted by molar-refractivity contribution is 7.09. The van der Waals surface area contributed by atoms with Crippen molar-refractivity contribution in [2.75, 3.05) is 0 Å². The van der Waals surface area contributed by atoms with Gasteiger partial charge in [-0.05, 0) is 31.3 Å². The number of hydrogen-bond acceptors (Lipinski definition) is 3. The molecule has 0 spiro atoms. The van der Waals surface area contributed by atoms with Gasteiger partial charge in [-0.1, -0.05) is 48.8 Å². The summed E-state index contributed by atoms with van der Waals surface area (Å²) in [5.41, 5.74) is 3.44. The normalized spacial score (nSPS) is 19.8. The third-order valence-electron chi connectivity index (χ3n) is 4.33. The SMILES string of the molecule is CCCCCC(=O)NC1CC2=C(C=CCC2)c2[nH]c(=O)sc21. The predicted molar refractivity (Wildman–Crippen MR) is 89.9 cm³/mol. The summed E-state index contributed by atoms with van der Waals surface area (Å²) in [5, 5.41) is 3.13. The van der Waals surface area contributed by atoms with Crippen LogP contribution in [0.15, 0.2) is 22.5 Å². The van der Waals surface area contributed by atoms with E-state index >= 15 is 0 Å². The molecule has 0 saturated carbocycles. The van der Waals surface area contributed by atoms with E-state index in [1.54, 1.807) is 0 Å². The number of carbonyl (C=O) groups excluding carboxylic acids is 1. The maximum atomic E-state index is 12.1. The molecule has 1 unspecified atom stereocenters. The zero-order chi connectivity index (χ0) is 15.5. The molecular formula is C17H22N2O2S. The number of nitrogens with one attached hydrogen (secondary N) is 2. The van der Waals surface area contributed by atoms with Gasteiger partial charge in [0.1, 0.15) is 0 Å². The Morgan fingerprint density at radius 1 is 1.45 bits per heavy atom. The van der Waals surface area contributed by atoms with Gasteiger partial charge in [-0.25, -0.2) is 0 Å². The van der Waals surface area contributed by atoms with Crippen LogP contribution in [0.5, 0.6) is 0 Å². The van der Waals surface area contributed by atoms with E-state index in [1.807, 2.05) is 0 Å². The van der Waals surface area contributed by atoms with Crippen LogP contribution >= 0.6 is 11.3 Å². The highest BCUT2D eigenvalue weighted by Crippen LogP contribution is 2.41. The topological polar surface area (TPSA) is 62.0 Å². The van der Waals surface area contributed by atoms with Crippen LogP contribution in [0.2, 0.25) is 0 Å². The second kappa shape index (κ2) is 6.65. The number of aromatic nitrogens is 1. The van der Waals surface area contributed by atoms with E-state index in [2.05, 4.69) is 29.4 Å². The summed E-state index contributed by atoms with van der Waals surface area (Å²) in [6.07, 6.45) is 10.9. The van der Waals surface area contributed by atoms with Crippen LogP contribution in [0, 0.1) is 0 Å². The number of aromatic amines is 1. The molecule has 1 aromatic rings. The van der Waals surface area contributed by atoms with Crippen molar-refractivity contribution in [1.29, 1.82) is 0 Å². The quantitative estimate of drug-likeness (QED) is 0.814. The molecule has 2 aliphatic carbocycles. The number of allylic oxidation sites excluding steroid dienone is 3. The molecule has 2 N–H and O–H groups in total. The fraction of sp³-hybridized carbons (Fsp3) is 0.529. The van der Waals surface area contributed by atoms with E-state index in [4.69, 9.17) is 0 Å². The van der Waals surface area contributed by atoms with Gasteiger partial charge in [0.2, 0.25) is 5.91 Å². The zero-order valence-corrected chi connectivity index (χ0v) is 13.7. The number of carbonyl (C=O) groups is 1. The second-order valence-electron chi connectivity index (χ2n) is 5.99. The first kappa shape index (κ1) is 15.3. The number of unbranched alkanes of at least 4 members (excludes halogenated alkanes) is 2. The molecule has 0 fully saturated rings. The first-order valence-electron chi connectivity index (χ1n) is 8.10. The highest BCUT2D eigenvalue weighted by atomic mass is 32.1. The molecule has 1 aromatic heterocycles. The van der Waals surface area contributed by atoms with Gasteiger partial charge in [0, 0.05) is 6.42 Å². The van der Waals surface area contributed by atoms with Crippen LogP contribution in [0.4, 0.5) is 0 Å². The Balaban J connectivity index is 1.79. The first-order chi connectivity index (χ1) is 10.7. The molecule has 3 rings (SSSR count). The fourth-order valence-corrected chi connectivity index (χ4v) is 4.13. The van der Waals surface area contributed by atoms with Crippen molar-refractivity contribution in [1.82, 2.24) is 10.3 Å². The van der Waals surface area contributed by atoms with Crippen molar-refractivity contribution in [3.8, 4) is 0 Å². The molecule has 0 aliphatic heterocycles. The van der Waals surface area contributed by atoms with E-state index in [-0.39, 0.29) is 16.8 Å². The summed E-state index contributed by atoms with van der Waals surface area (Å²) in [4.78, 5) is 27.8. The van der Waals surface area contributed by atoms with Crippen LogP contribution in [-0.4, -0.2) is 10.9 Å². The molecule has 2 aliphatic rings. The van der Waals surface area contributed by atoms with Gasteiger partial charge in [-0.3, -0.25) is 9.59 Å². The van der Waals surface area contributed by atoms with Crippen molar-refractivity contribution < 1.29 is 4.79 Å². The molecule has 4 nitrogen and oxygen atoms in total. The number of rotatable bonds is 5. The Labute approximate surface area is 134 Å². The lowest BCUT2D eigenvalue weighted by Gasteiger charge is -2.28.